The van der Waals surface area contributed by atoms with Gasteiger partial charge in [-0.25, -0.2) is 0 Å². The third-order valence-electron chi connectivity index (χ3n) is 2.41. The largest absolute Gasteiger partial charge is 0.481 e. The number of carbonyl (C=O) groups is 1. The van der Waals surface area contributed by atoms with Gasteiger partial charge in [-0.2, -0.15) is 0 Å². The summed E-state index contributed by atoms with van der Waals surface area (Å²) in [5.41, 5.74) is 0. The summed E-state index contributed by atoms with van der Waals surface area (Å²) in [6.07, 6.45) is 3.47. The average molecular weight is 213 g/mol. The number of rotatable bonds is 2. The van der Waals surface area contributed by atoms with E-state index < -0.39 is 11.9 Å². The maximum atomic E-state index is 10.9. The Labute approximate surface area is 85.5 Å². The minimum absolute atomic E-state index is 0.475. The van der Waals surface area contributed by atoms with Gasteiger partial charge < -0.3 is 9.67 Å². The van der Waals surface area contributed by atoms with Crippen molar-refractivity contribution < 1.29 is 9.90 Å². The molecular weight excluding hydrogens is 202 g/mol. The monoisotopic (exact) mass is 213 g/mol. The van der Waals surface area contributed by atoms with Gasteiger partial charge in [0.05, 0.1) is 0 Å². The zero-order valence-electron chi connectivity index (χ0n) is 7.80. The van der Waals surface area contributed by atoms with Gasteiger partial charge in [0.2, 0.25) is 0 Å². The van der Waals surface area contributed by atoms with Crippen LogP contribution < -0.4 is 0 Å². The normalized spacial score (nSPS) is 20.5. The number of aromatic nitrogens is 3. The summed E-state index contributed by atoms with van der Waals surface area (Å²) in [6.45, 7) is 0.836. The number of nitrogens with zero attached hydrogens (tertiary/aromatic N) is 3. The van der Waals surface area contributed by atoms with Gasteiger partial charge in [-0.05, 0) is 19.1 Å². The van der Waals surface area contributed by atoms with Crippen LogP contribution in [0.15, 0.2) is 5.16 Å². The van der Waals surface area contributed by atoms with Crippen LogP contribution in [0.5, 0.6) is 0 Å². The van der Waals surface area contributed by atoms with Crippen LogP contribution in [0.1, 0.15) is 24.6 Å². The summed E-state index contributed by atoms with van der Waals surface area (Å²) in [5.74, 6) is -0.670. The number of carboxylic acids is 1. The minimum atomic E-state index is -0.800. The molecule has 1 N–H and O–H groups in total. The number of hydrogen-bond donors (Lipinski definition) is 1. The Kier molecular flexibility index (Phi) is 2.45. The van der Waals surface area contributed by atoms with Crippen LogP contribution in [0.2, 0.25) is 0 Å². The van der Waals surface area contributed by atoms with Gasteiger partial charge in [-0.3, -0.25) is 4.79 Å². The number of carboxylic acid groups (broad SMARTS) is 1. The second kappa shape index (κ2) is 3.61. The maximum absolute atomic E-state index is 10.9. The van der Waals surface area contributed by atoms with Gasteiger partial charge in [0.1, 0.15) is 11.7 Å². The van der Waals surface area contributed by atoms with Gasteiger partial charge >= 0.3 is 5.97 Å². The smallest absolute Gasteiger partial charge is 0.314 e. The minimum Gasteiger partial charge on any atom is -0.481 e. The first-order valence-electron chi connectivity index (χ1n) is 4.44. The molecular formula is C8H11N3O2S. The fourth-order valence-electron chi connectivity index (χ4n) is 1.74. The van der Waals surface area contributed by atoms with E-state index in [1.165, 1.54) is 11.8 Å². The van der Waals surface area contributed by atoms with Crippen molar-refractivity contribution in [3.63, 3.8) is 0 Å². The third kappa shape index (κ3) is 1.39. The van der Waals surface area contributed by atoms with Crippen molar-refractivity contribution in [1.29, 1.82) is 0 Å². The first-order chi connectivity index (χ1) is 6.74. The first kappa shape index (κ1) is 9.51. The number of aliphatic carboxylic acids is 1. The van der Waals surface area contributed by atoms with Crippen molar-refractivity contribution in [2.45, 2.75) is 30.5 Å². The summed E-state index contributed by atoms with van der Waals surface area (Å²) in [7, 11) is 0. The van der Waals surface area contributed by atoms with E-state index in [0.29, 0.717) is 12.2 Å². The molecule has 0 amide bonds. The van der Waals surface area contributed by atoms with Crippen molar-refractivity contribution in [2.24, 2.45) is 0 Å². The molecule has 0 aliphatic carbocycles. The SMILES string of the molecule is CSc1nnc2n1CCCC2C(=O)O. The second-order valence-electron chi connectivity index (χ2n) is 3.23. The summed E-state index contributed by atoms with van der Waals surface area (Å²) in [6, 6.07) is 0. The molecule has 14 heavy (non-hydrogen) atoms. The Morgan fingerprint density at radius 2 is 2.43 bits per heavy atom. The lowest BCUT2D eigenvalue weighted by molar-refractivity contribution is -0.139. The molecule has 0 fully saturated rings. The molecule has 0 bridgehead atoms. The first-order valence-corrected chi connectivity index (χ1v) is 5.66. The fraction of sp³-hybridized carbons (Fsp3) is 0.625. The molecule has 0 saturated carbocycles. The molecule has 0 saturated heterocycles. The van der Waals surface area contributed by atoms with Gasteiger partial charge in [0, 0.05) is 6.54 Å². The lowest BCUT2D eigenvalue weighted by atomic mass is 9.99. The highest BCUT2D eigenvalue weighted by Crippen LogP contribution is 2.28. The van der Waals surface area contributed by atoms with Gasteiger partial charge in [0.25, 0.3) is 0 Å². The van der Waals surface area contributed by atoms with Crippen molar-refractivity contribution in [3.05, 3.63) is 5.82 Å². The summed E-state index contributed by atoms with van der Waals surface area (Å²) in [4.78, 5) is 10.9. The van der Waals surface area contributed by atoms with Gasteiger partial charge in [-0.1, -0.05) is 11.8 Å². The number of fused-ring (bicyclic) bond motifs is 1. The fourth-order valence-corrected chi connectivity index (χ4v) is 2.26. The van der Waals surface area contributed by atoms with E-state index in [1.54, 1.807) is 0 Å². The molecule has 0 aromatic carbocycles. The Hall–Kier alpha value is -1.04. The van der Waals surface area contributed by atoms with Crippen molar-refractivity contribution >= 4 is 17.7 Å². The lowest BCUT2D eigenvalue weighted by Crippen LogP contribution is -2.22. The molecule has 2 heterocycles. The van der Waals surface area contributed by atoms with E-state index in [1.807, 2.05) is 10.8 Å². The molecule has 1 aromatic heterocycles. The van der Waals surface area contributed by atoms with E-state index in [0.717, 1.165) is 18.1 Å². The number of thioether (sulfide) groups is 1. The Balaban J connectivity index is 2.40. The molecule has 1 atom stereocenters. The lowest BCUT2D eigenvalue weighted by Gasteiger charge is -2.19. The van der Waals surface area contributed by atoms with Crippen molar-refractivity contribution in [1.82, 2.24) is 14.8 Å². The predicted octanol–water partition coefficient (Wildman–Crippen LogP) is 0.962. The summed E-state index contributed by atoms with van der Waals surface area (Å²) < 4.78 is 1.91. The van der Waals surface area contributed by atoms with Crippen LogP contribution in [0, 0.1) is 0 Å². The van der Waals surface area contributed by atoms with Crippen LogP contribution >= 0.6 is 11.8 Å². The Morgan fingerprint density at radius 3 is 3.07 bits per heavy atom. The van der Waals surface area contributed by atoms with E-state index >= 15 is 0 Å². The van der Waals surface area contributed by atoms with Crippen molar-refractivity contribution in [3.8, 4) is 0 Å². The molecule has 1 aromatic rings. The number of hydrogen-bond acceptors (Lipinski definition) is 4. The van der Waals surface area contributed by atoms with E-state index in [4.69, 9.17) is 5.11 Å². The second-order valence-corrected chi connectivity index (χ2v) is 4.00. The van der Waals surface area contributed by atoms with Crippen LogP contribution in [0.3, 0.4) is 0 Å². The van der Waals surface area contributed by atoms with Crippen molar-refractivity contribution in [2.75, 3.05) is 6.26 Å². The highest BCUT2D eigenvalue weighted by molar-refractivity contribution is 7.98. The average Bonchev–Trinajstić information content (AvgIpc) is 2.59. The van der Waals surface area contributed by atoms with E-state index in [-0.39, 0.29) is 0 Å². The Morgan fingerprint density at radius 1 is 1.64 bits per heavy atom. The summed E-state index contributed by atoms with van der Waals surface area (Å²) >= 11 is 1.50. The van der Waals surface area contributed by atoms with Crippen LogP contribution in [0.4, 0.5) is 0 Å². The highest BCUT2D eigenvalue weighted by atomic mass is 32.2. The zero-order chi connectivity index (χ0) is 10.1. The molecule has 2 rings (SSSR count). The molecule has 6 heteroatoms. The zero-order valence-corrected chi connectivity index (χ0v) is 8.62. The molecule has 5 nitrogen and oxygen atoms in total. The highest BCUT2D eigenvalue weighted by Gasteiger charge is 2.30. The molecule has 1 aliphatic rings. The molecule has 1 unspecified atom stereocenters. The third-order valence-corrected chi connectivity index (χ3v) is 3.08. The standard InChI is InChI=1S/C8H11N3O2S/c1-14-8-10-9-6-5(7(12)13)3-2-4-11(6)8/h5H,2-4H2,1H3,(H,12,13). The predicted molar refractivity (Wildman–Crippen MR) is 51.4 cm³/mol. The van der Waals surface area contributed by atoms with Gasteiger partial charge in [0.15, 0.2) is 5.16 Å². The quantitative estimate of drug-likeness (QED) is 0.741. The molecule has 76 valence electrons. The topological polar surface area (TPSA) is 68.0 Å². The molecule has 0 radical (unpaired) electrons. The molecule has 1 aliphatic heterocycles. The summed E-state index contributed by atoms with van der Waals surface area (Å²) in [5, 5.41) is 17.7. The van der Waals surface area contributed by atoms with Crippen LogP contribution in [-0.4, -0.2) is 32.1 Å². The van der Waals surface area contributed by atoms with E-state index in [9.17, 15) is 4.79 Å². The van der Waals surface area contributed by atoms with E-state index in [2.05, 4.69) is 10.2 Å². The van der Waals surface area contributed by atoms with Crippen LogP contribution in [-0.2, 0) is 11.3 Å². The molecule has 0 spiro atoms. The van der Waals surface area contributed by atoms with Gasteiger partial charge in [-0.15, -0.1) is 10.2 Å². The maximum Gasteiger partial charge on any atom is 0.314 e. The van der Waals surface area contributed by atoms with Crippen LogP contribution in [0.25, 0.3) is 0 Å². The Bertz CT molecular complexity index is 363.